The molecule has 5 heteroatoms. The van der Waals surface area contributed by atoms with E-state index in [4.69, 9.17) is 13.5 Å². The van der Waals surface area contributed by atoms with E-state index in [1.807, 2.05) is 39.0 Å². The molecule has 0 fully saturated rings. The number of hydrogen-bond acceptors (Lipinski definition) is 4. The Morgan fingerprint density at radius 1 is 0.718 bits per heavy atom. The van der Waals surface area contributed by atoms with Gasteiger partial charge in [0.15, 0.2) is 0 Å². The summed E-state index contributed by atoms with van der Waals surface area (Å²) in [7, 11) is 0. The largest absolute Gasteiger partial charge is 0.519 e. The molecule has 0 atom stereocenters. The summed E-state index contributed by atoms with van der Waals surface area (Å²) < 4.78 is 19.5. The van der Waals surface area contributed by atoms with E-state index in [1.165, 1.54) is 16.7 Å². The second-order valence-corrected chi connectivity index (χ2v) is 11.3. The molecule has 5 aromatic carbocycles. The topological polar surface area (TPSA) is 55.7 Å². The zero-order valence-electron chi connectivity index (χ0n) is 22.4. The first-order valence-corrected chi connectivity index (χ1v) is 13.6. The maximum Gasteiger partial charge on any atom is 0.402 e. The summed E-state index contributed by atoms with van der Waals surface area (Å²) in [5, 5.41) is 15.2. The van der Waals surface area contributed by atoms with Gasteiger partial charge in [-0.15, -0.1) is 0 Å². The van der Waals surface area contributed by atoms with Crippen molar-refractivity contribution in [2.24, 2.45) is 0 Å². The second-order valence-electron chi connectivity index (χ2n) is 11.3. The van der Waals surface area contributed by atoms with Crippen molar-refractivity contribution >= 4 is 56.3 Å². The molecule has 3 aliphatic heterocycles. The molecule has 3 aliphatic rings. The van der Waals surface area contributed by atoms with Gasteiger partial charge in [0.1, 0.15) is 22.3 Å². The highest BCUT2D eigenvalue weighted by molar-refractivity contribution is 6.77. The first-order chi connectivity index (χ1) is 18.9. The quantitative estimate of drug-likeness (QED) is 0.147. The fourth-order valence-electron chi connectivity index (χ4n) is 6.44. The van der Waals surface area contributed by atoms with E-state index < -0.39 is 12.5 Å². The highest BCUT2D eigenvalue weighted by atomic mass is 16.5. The Bertz CT molecular complexity index is 2070. The number of benzene rings is 5. The van der Waals surface area contributed by atoms with Gasteiger partial charge in [0.2, 0.25) is 0 Å². The molecule has 0 aromatic heterocycles. The third kappa shape index (κ3) is 2.99. The summed E-state index contributed by atoms with van der Waals surface area (Å²) in [6.07, 6.45) is 1.02. The summed E-state index contributed by atoms with van der Waals surface area (Å²) in [6, 6.07) is 25.4. The molecule has 5 aromatic rings. The van der Waals surface area contributed by atoms with Gasteiger partial charge in [0.25, 0.3) is 0 Å². The Hall–Kier alpha value is -4.22. The van der Waals surface area contributed by atoms with Gasteiger partial charge >= 0.3 is 6.92 Å². The number of hydrogen-bond donors (Lipinski definition) is 1. The van der Waals surface area contributed by atoms with Crippen LogP contribution in [0.5, 0.6) is 0 Å². The average Bonchev–Trinajstić information content (AvgIpc) is 3.16. The van der Waals surface area contributed by atoms with Gasteiger partial charge in [-0.25, -0.2) is 0 Å². The lowest BCUT2D eigenvalue weighted by Gasteiger charge is -2.23. The summed E-state index contributed by atoms with van der Waals surface area (Å²) in [6.45, 7) is 7.57. The van der Waals surface area contributed by atoms with Crippen molar-refractivity contribution in [3.8, 4) is 22.3 Å². The number of aliphatic hydroxyl groups is 1. The minimum Gasteiger partial charge on any atom is -0.519 e. The Kier molecular flexibility index (Phi) is 4.48. The third-order valence-corrected chi connectivity index (χ3v) is 8.84. The van der Waals surface area contributed by atoms with Gasteiger partial charge in [-0.2, -0.15) is 0 Å². The van der Waals surface area contributed by atoms with Crippen molar-refractivity contribution in [1.29, 1.82) is 0 Å². The SMILES string of the molecule is CCc1ccc(-c2ccc3oc4ccc5c(B6OC(C)(C)C(C)=C6O)ccc6oc7ccc2c3c7-c4c65)cc1. The van der Waals surface area contributed by atoms with Crippen LogP contribution in [0.1, 0.15) is 33.3 Å². The predicted molar refractivity (Wildman–Crippen MR) is 160 cm³/mol. The van der Waals surface area contributed by atoms with Gasteiger partial charge in [-0.05, 0) is 96.0 Å². The van der Waals surface area contributed by atoms with Crippen molar-refractivity contribution in [2.45, 2.75) is 39.7 Å². The van der Waals surface area contributed by atoms with E-state index in [0.29, 0.717) is 0 Å². The molecule has 0 unspecified atom stereocenters. The van der Waals surface area contributed by atoms with Crippen LogP contribution in [0.25, 0.3) is 66.1 Å². The monoisotopic (exact) mass is 510 g/mol. The van der Waals surface area contributed by atoms with E-state index in [-0.39, 0.29) is 5.66 Å². The molecule has 3 heterocycles. The summed E-state index contributed by atoms with van der Waals surface area (Å²) >= 11 is 0. The van der Waals surface area contributed by atoms with Crippen LogP contribution < -0.4 is 5.46 Å². The van der Waals surface area contributed by atoms with Crippen LogP contribution in [0.15, 0.2) is 92.9 Å². The molecule has 0 amide bonds. The van der Waals surface area contributed by atoms with Crippen molar-refractivity contribution in [2.75, 3.05) is 0 Å². The van der Waals surface area contributed by atoms with Crippen LogP contribution in [0.3, 0.4) is 0 Å². The summed E-state index contributed by atoms with van der Waals surface area (Å²) in [5.74, 6) is 0. The van der Waals surface area contributed by atoms with Crippen LogP contribution in [-0.2, 0) is 11.1 Å². The molecule has 8 rings (SSSR count). The van der Waals surface area contributed by atoms with Crippen molar-refractivity contribution in [3.63, 3.8) is 0 Å². The molecular formula is C34H27BO4. The Morgan fingerprint density at radius 3 is 1.92 bits per heavy atom. The summed E-state index contributed by atoms with van der Waals surface area (Å²) in [5.41, 5.74) is 10.6. The fraction of sp³-hybridized carbons (Fsp3) is 0.176. The Balaban J connectivity index is 1.43. The molecule has 4 nitrogen and oxygen atoms in total. The van der Waals surface area contributed by atoms with E-state index in [1.54, 1.807) is 0 Å². The number of rotatable bonds is 3. The first kappa shape index (κ1) is 22.7. The van der Waals surface area contributed by atoms with Crippen LogP contribution in [-0.4, -0.2) is 17.6 Å². The van der Waals surface area contributed by atoms with Gasteiger partial charge in [0.05, 0.1) is 11.3 Å². The van der Waals surface area contributed by atoms with Crippen molar-refractivity contribution in [1.82, 2.24) is 0 Å². The lowest BCUT2D eigenvalue weighted by molar-refractivity contribution is 0.166. The maximum absolute atomic E-state index is 11.0. The van der Waals surface area contributed by atoms with E-state index in [9.17, 15) is 5.11 Å². The third-order valence-electron chi connectivity index (χ3n) is 8.84. The zero-order chi connectivity index (χ0) is 26.6. The highest BCUT2D eigenvalue weighted by Crippen LogP contribution is 2.49. The normalized spacial score (nSPS) is 15.8. The van der Waals surface area contributed by atoms with E-state index in [2.05, 4.69) is 61.5 Å². The predicted octanol–water partition coefficient (Wildman–Crippen LogP) is 8.64. The molecular weight excluding hydrogens is 483 g/mol. The first-order valence-electron chi connectivity index (χ1n) is 13.6. The average molecular weight is 510 g/mol. The number of aliphatic hydroxyl groups excluding tert-OH is 1. The van der Waals surface area contributed by atoms with Crippen molar-refractivity contribution < 1.29 is 18.6 Å². The smallest absolute Gasteiger partial charge is 0.402 e. The highest BCUT2D eigenvalue weighted by Gasteiger charge is 2.43. The molecule has 39 heavy (non-hydrogen) atoms. The van der Waals surface area contributed by atoms with Gasteiger partial charge < -0.3 is 18.6 Å². The van der Waals surface area contributed by atoms with Crippen molar-refractivity contribution in [3.05, 3.63) is 89.6 Å². The lowest BCUT2D eigenvalue weighted by atomic mass is 9.58. The van der Waals surface area contributed by atoms with Crippen LogP contribution >= 0.6 is 0 Å². The molecule has 0 aliphatic carbocycles. The Labute approximate surface area is 226 Å². The molecule has 0 spiro atoms. The Morgan fingerprint density at radius 2 is 1.31 bits per heavy atom. The minimum atomic E-state index is -0.534. The molecule has 0 radical (unpaired) electrons. The van der Waals surface area contributed by atoms with E-state index >= 15 is 0 Å². The standard InChI is InChI=1S/C34H27BO4/c1-5-19-6-8-20(9-7-19)21-10-14-25-29-22(21)11-15-27-31(29)32-28(37-25)16-12-23-24(13-17-26(38-27)30(23)32)35-33(36)18(2)34(3,4)39-35/h6-17,36H,5H2,1-4H3. The van der Waals surface area contributed by atoms with Crippen LogP contribution in [0.4, 0.5) is 0 Å². The fourth-order valence-corrected chi connectivity index (χ4v) is 6.44. The van der Waals surface area contributed by atoms with Gasteiger partial charge in [0, 0.05) is 21.9 Å². The zero-order valence-corrected chi connectivity index (χ0v) is 22.4. The van der Waals surface area contributed by atoms with Gasteiger partial charge in [-0.3, -0.25) is 0 Å². The van der Waals surface area contributed by atoms with Crippen LogP contribution in [0, 0.1) is 0 Å². The molecule has 0 saturated heterocycles. The van der Waals surface area contributed by atoms with Crippen LogP contribution in [0.2, 0.25) is 0 Å². The minimum absolute atomic E-state index is 0.285. The molecule has 190 valence electrons. The maximum atomic E-state index is 11.0. The molecule has 0 bridgehead atoms. The number of aryl methyl sites for hydroxylation is 1. The lowest BCUT2D eigenvalue weighted by Crippen LogP contribution is -2.37. The molecule has 1 N–H and O–H groups in total. The van der Waals surface area contributed by atoms with E-state index in [0.717, 1.165) is 72.5 Å². The van der Waals surface area contributed by atoms with Gasteiger partial charge in [-0.1, -0.05) is 49.4 Å². The molecule has 0 saturated carbocycles. The second kappa shape index (κ2) is 7.68. The summed E-state index contributed by atoms with van der Waals surface area (Å²) in [4.78, 5) is 0.